The molecule has 2 aromatic heterocycles. The average molecular weight is 264 g/mol. The lowest BCUT2D eigenvalue weighted by Gasteiger charge is -2.07. The van der Waals surface area contributed by atoms with Crippen molar-refractivity contribution in [2.24, 2.45) is 0 Å². The van der Waals surface area contributed by atoms with Crippen molar-refractivity contribution in [3.8, 4) is 5.75 Å². The van der Waals surface area contributed by atoms with E-state index in [1.54, 1.807) is 6.20 Å². The molecule has 0 aliphatic heterocycles. The highest BCUT2D eigenvalue weighted by Crippen LogP contribution is 2.18. The first-order chi connectivity index (χ1) is 9.85. The van der Waals surface area contributed by atoms with Gasteiger partial charge in [-0.2, -0.15) is 0 Å². The molecule has 0 radical (unpaired) electrons. The van der Waals surface area contributed by atoms with Gasteiger partial charge >= 0.3 is 0 Å². The summed E-state index contributed by atoms with van der Waals surface area (Å²) in [4.78, 5) is 8.84. The van der Waals surface area contributed by atoms with Crippen LogP contribution in [0.3, 0.4) is 0 Å². The maximum Gasteiger partial charge on any atom is 0.140 e. The van der Waals surface area contributed by atoms with Crippen molar-refractivity contribution in [2.75, 3.05) is 0 Å². The van der Waals surface area contributed by atoms with Crippen LogP contribution in [0.15, 0.2) is 54.9 Å². The highest BCUT2D eigenvalue weighted by atomic mass is 16.5. The van der Waals surface area contributed by atoms with Gasteiger partial charge in [-0.3, -0.25) is 9.97 Å². The number of pyridine rings is 2. The van der Waals surface area contributed by atoms with E-state index in [4.69, 9.17) is 4.74 Å². The molecule has 3 heteroatoms. The monoisotopic (exact) mass is 264 g/mol. The maximum atomic E-state index is 5.75. The summed E-state index contributed by atoms with van der Waals surface area (Å²) in [5.41, 5.74) is 4.12. The number of rotatable bonds is 4. The zero-order chi connectivity index (χ0) is 13.8. The number of benzene rings is 1. The molecule has 0 aliphatic rings. The molecule has 0 atom stereocenters. The van der Waals surface area contributed by atoms with Crippen molar-refractivity contribution in [1.29, 1.82) is 0 Å². The van der Waals surface area contributed by atoms with Crippen molar-refractivity contribution in [1.82, 2.24) is 9.97 Å². The summed E-state index contributed by atoms with van der Waals surface area (Å²) in [6, 6.07) is 14.1. The summed E-state index contributed by atoms with van der Waals surface area (Å²) in [6.45, 7) is 2.65. The Morgan fingerprint density at radius 2 is 1.65 bits per heavy atom. The highest BCUT2D eigenvalue weighted by Gasteiger charge is 2.02. The van der Waals surface area contributed by atoms with Crippen LogP contribution >= 0.6 is 0 Å². The molecule has 3 rings (SSSR count). The molecule has 3 nitrogen and oxygen atoms in total. The van der Waals surface area contributed by atoms with E-state index >= 15 is 0 Å². The molecule has 20 heavy (non-hydrogen) atoms. The third-order valence-corrected chi connectivity index (χ3v) is 3.22. The van der Waals surface area contributed by atoms with E-state index in [1.807, 2.05) is 42.6 Å². The molecule has 0 saturated heterocycles. The molecular formula is C17H16N2O. The minimum atomic E-state index is 0.543. The van der Waals surface area contributed by atoms with Crippen LogP contribution in [0, 0.1) is 0 Å². The molecule has 0 saturated carbocycles. The van der Waals surface area contributed by atoms with Crippen molar-refractivity contribution >= 4 is 11.0 Å². The summed E-state index contributed by atoms with van der Waals surface area (Å²) in [5, 5.41) is 0. The summed E-state index contributed by atoms with van der Waals surface area (Å²) in [7, 11) is 0. The van der Waals surface area contributed by atoms with Gasteiger partial charge in [-0.1, -0.05) is 37.3 Å². The Bertz CT molecular complexity index is 711. The number of aryl methyl sites for hydroxylation is 1. The summed E-state index contributed by atoms with van der Waals surface area (Å²) in [5.74, 6) is 0.748. The summed E-state index contributed by atoms with van der Waals surface area (Å²) in [6.07, 6.45) is 4.62. The highest BCUT2D eigenvalue weighted by molar-refractivity contribution is 5.75. The van der Waals surface area contributed by atoms with E-state index in [1.165, 1.54) is 5.56 Å². The van der Waals surface area contributed by atoms with Crippen LogP contribution in [-0.2, 0) is 13.0 Å². The molecule has 3 aromatic rings. The van der Waals surface area contributed by atoms with E-state index < -0.39 is 0 Å². The Morgan fingerprint density at radius 1 is 0.900 bits per heavy atom. The average Bonchev–Trinajstić information content (AvgIpc) is 2.53. The first-order valence-corrected chi connectivity index (χ1v) is 6.76. The van der Waals surface area contributed by atoms with E-state index in [0.717, 1.165) is 28.8 Å². The van der Waals surface area contributed by atoms with Crippen molar-refractivity contribution in [2.45, 2.75) is 20.0 Å². The fraction of sp³-hybridized carbons (Fsp3) is 0.176. The molecule has 0 spiro atoms. The number of fused-ring (bicyclic) bond motifs is 1. The van der Waals surface area contributed by atoms with Gasteiger partial charge in [0.15, 0.2) is 0 Å². The van der Waals surface area contributed by atoms with Crippen LogP contribution in [0.2, 0.25) is 0 Å². The standard InChI is InChI=1S/C17H16N2O/c1-2-13-8-16-17(18-10-13)9-15(11-19-16)20-12-14-6-4-3-5-7-14/h3-11H,2,12H2,1H3. The van der Waals surface area contributed by atoms with Gasteiger partial charge in [-0.25, -0.2) is 0 Å². The molecule has 0 bridgehead atoms. The number of ether oxygens (including phenoxy) is 1. The molecule has 100 valence electrons. The second-order valence-corrected chi connectivity index (χ2v) is 4.68. The summed E-state index contributed by atoms with van der Waals surface area (Å²) >= 11 is 0. The first kappa shape index (κ1) is 12.6. The second-order valence-electron chi connectivity index (χ2n) is 4.68. The fourth-order valence-corrected chi connectivity index (χ4v) is 2.04. The molecule has 0 N–H and O–H groups in total. The zero-order valence-electron chi connectivity index (χ0n) is 11.4. The molecule has 0 aliphatic carbocycles. The Balaban J connectivity index is 1.79. The molecule has 0 fully saturated rings. The lowest BCUT2D eigenvalue weighted by atomic mass is 10.2. The van der Waals surface area contributed by atoms with Crippen molar-refractivity contribution < 1.29 is 4.74 Å². The van der Waals surface area contributed by atoms with Gasteiger partial charge in [0.25, 0.3) is 0 Å². The van der Waals surface area contributed by atoms with Crippen LogP contribution in [-0.4, -0.2) is 9.97 Å². The Morgan fingerprint density at radius 3 is 2.45 bits per heavy atom. The molecule has 0 unspecified atom stereocenters. The number of hydrogen-bond acceptors (Lipinski definition) is 3. The second kappa shape index (κ2) is 5.70. The minimum absolute atomic E-state index is 0.543. The third-order valence-electron chi connectivity index (χ3n) is 3.22. The SMILES string of the molecule is CCc1cnc2cc(OCc3ccccc3)cnc2c1. The van der Waals surface area contributed by atoms with E-state index in [-0.39, 0.29) is 0 Å². The van der Waals surface area contributed by atoms with Gasteiger partial charge in [0.2, 0.25) is 0 Å². The Kier molecular flexibility index (Phi) is 3.59. The molecule has 1 aromatic carbocycles. The number of hydrogen-bond donors (Lipinski definition) is 0. The largest absolute Gasteiger partial charge is 0.487 e. The van der Waals surface area contributed by atoms with Gasteiger partial charge in [-0.15, -0.1) is 0 Å². The normalized spacial score (nSPS) is 10.7. The molecular weight excluding hydrogens is 248 g/mol. The van der Waals surface area contributed by atoms with Crippen molar-refractivity contribution in [3.63, 3.8) is 0 Å². The molecule has 2 heterocycles. The van der Waals surface area contributed by atoms with E-state index in [0.29, 0.717) is 6.61 Å². The molecule has 0 amide bonds. The van der Waals surface area contributed by atoms with Crippen LogP contribution in [0.5, 0.6) is 5.75 Å². The van der Waals surface area contributed by atoms with E-state index in [2.05, 4.69) is 23.0 Å². The first-order valence-electron chi connectivity index (χ1n) is 6.76. The Hall–Kier alpha value is -2.42. The topological polar surface area (TPSA) is 35.0 Å². The Labute approximate surface area is 118 Å². The van der Waals surface area contributed by atoms with Gasteiger partial charge in [0.1, 0.15) is 12.4 Å². The fourth-order valence-electron chi connectivity index (χ4n) is 2.04. The number of nitrogens with zero attached hydrogens (tertiary/aromatic N) is 2. The zero-order valence-corrected chi connectivity index (χ0v) is 11.4. The van der Waals surface area contributed by atoms with E-state index in [9.17, 15) is 0 Å². The number of aromatic nitrogens is 2. The van der Waals surface area contributed by atoms with Gasteiger partial charge in [-0.05, 0) is 23.6 Å². The predicted octanol–water partition coefficient (Wildman–Crippen LogP) is 3.77. The summed E-state index contributed by atoms with van der Waals surface area (Å²) < 4.78 is 5.75. The lowest BCUT2D eigenvalue weighted by molar-refractivity contribution is 0.305. The van der Waals surface area contributed by atoms with Gasteiger partial charge in [0, 0.05) is 12.3 Å². The van der Waals surface area contributed by atoms with Crippen LogP contribution in [0.4, 0.5) is 0 Å². The lowest BCUT2D eigenvalue weighted by Crippen LogP contribution is -1.96. The third kappa shape index (κ3) is 2.77. The van der Waals surface area contributed by atoms with Crippen LogP contribution in [0.1, 0.15) is 18.1 Å². The predicted molar refractivity (Wildman–Crippen MR) is 79.7 cm³/mol. The maximum absolute atomic E-state index is 5.75. The minimum Gasteiger partial charge on any atom is -0.487 e. The van der Waals surface area contributed by atoms with Gasteiger partial charge < -0.3 is 4.74 Å². The van der Waals surface area contributed by atoms with Crippen LogP contribution < -0.4 is 4.74 Å². The van der Waals surface area contributed by atoms with Crippen LogP contribution in [0.25, 0.3) is 11.0 Å². The smallest absolute Gasteiger partial charge is 0.140 e. The quantitative estimate of drug-likeness (QED) is 0.719. The van der Waals surface area contributed by atoms with Gasteiger partial charge in [0.05, 0.1) is 17.2 Å². The van der Waals surface area contributed by atoms with Crippen molar-refractivity contribution in [3.05, 3.63) is 66.0 Å².